The summed E-state index contributed by atoms with van der Waals surface area (Å²) in [6.45, 7) is 2.74. The lowest BCUT2D eigenvalue weighted by Crippen LogP contribution is -2.37. The van der Waals surface area contributed by atoms with Crippen molar-refractivity contribution in [2.45, 2.75) is 31.7 Å². The van der Waals surface area contributed by atoms with Crippen LogP contribution in [0.2, 0.25) is 0 Å². The molecule has 3 rings (SSSR count). The highest BCUT2D eigenvalue weighted by Crippen LogP contribution is 2.34. The summed E-state index contributed by atoms with van der Waals surface area (Å²) in [6, 6.07) is 8.35. The Labute approximate surface area is 108 Å². The highest BCUT2D eigenvalue weighted by Gasteiger charge is 2.36. The third kappa shape index (κ3) is 2.85. The zero-order valence-corrected chi connectivity index (χ0v) is 10.7. The average Bonchev–Trinajstić information content (AvgIpc) is 3.08. The molecular weight excluding hydrogens is 226 g/mol. The van der Waals surface area contributed by atoms with E-state index in [9.17, 15) is 5.11 Å². The number of phenols is 1. The summed E-state index contributed by atoms with van der Waals surface area (Å²) in [5.74, 6) is 0.358. The number of aromatic hydroxyl groups is 1. The van der Waals surface area contributed by atoms with Crippen LogP contribution in [0.1, 0.15) is 24.8 Å². The van der Waals surface area contributed by atoms with Crippen molar-refractivity contribution in [1.82, 2.24) is 5.32 Å². The first-order chi connectivity index (χ1) is 8.76. The number of phenolic OH excluding ortho intramolecular Hbond substituents is 1. The summed E-state index contributed by atoms with van der Waals surface area (Å²) in [5.41, 5.74) is 1.43. The first-order valence-electron chi connectivity index (χ1n) is 6.85. The molecule has 1 aliphatic heterocycles. The van der Waals surface area contributed by atoms with Crippen LogP contribution in [0.25, 0.3) is 0 Å². The van der Waals surface area contributed by atoms with Gasteiger partial charge in [0.15, 0.2) is 0 Å². The lowest BCUT2D eigenvalue weighted by molar-refractivity contribution is 0.149. The quantitative estimate of drug-likeness (QED) is 0.837. The van der Waals surface area contributed by atoms with Gasteiger partial charge in [-0.25, -0.2) is 0 Å². The van der Waals surface area contributed by atoms with Crippen molar-refractivity contribution >= 4 is 0 Å². The molecule has 0 aromatic heterocycles. The van der Waals surface area contributed by atoms with E-state index in [-0.39, 0.29) is 5.41 Å². The van der Waals surface area contributed by atoms with Crippen molar-refractivity contribution in [3.8, 4) is 5.75 Å². The van der Waals surface area contributed by atoms with Crippen LogP contribution < -0.4 is 5.32 Å². The second-order valence-corrected chi connectivity index (χ2v) is 5.80. The fourth-order valence-electron chi connectivity index (χ4n) is 2.74. The molecule has 0 spiro atoms. The van der Waals surface area contributed by atoms with Crippen LogP contribution in [0.15, 0.2) is 24.3 Å². The molecule has 2 fully saturated rings. The van der Waals surface area contributed by atoms with Gasteiger partial charge in [-0.2, -0.15) is 0 Å². The van der Waals surface area contributed by atoms with Gasteiger partial charge in [0.05, 0.1) is 6.61 Å². The molecule has 1 aliphatic carbocycles. The minimum Gasteiger partial charge on any atom is -0.508 e. The smallest absolute Gasteiger partial charge is 0.115 e. The molecule has 1 heterocycles. The van der Waals surface area contributed by atoms with E-state index in [0.29, 0.717) is 5.75 Å². The molecule has 1 atom stereocenters. The molecule has 0 amide bonds. The van der Waals surface area contributed by atoms with E-state index >= 15 is 0 Å². The fraction of sp³-hybridized carbons (Fsp3) is 0.600. The molecule has 2 N–H and O–H groups in total. The number of hydrogen-bond acceptors (Lipinski definition) is 3. The Bertz CT molecular complexity index is 409. The lowest BCUT2D eigenvalue weighted by atomic mass is 9.81. The first kappa shape index (κ1) is 12.0. The van der Waals surface area contributed by atoms with Gasteiger partial charge in [-0.15, -0.1) is 0 Å². The number of benzene rings is 1. The topological polar surface area (TPSA) is 41.5 Å². The molecule has 2 aliphatic rings. The van der Waals surface area contributed by atoms with Gasteiger partial charge in [-0.3, -0.25) is 0 Å². The molecule has 18 heavy (non-hydrogen) atoms. The van der Waals surface area contributed by atoms with E-state index in [1.54, 1.807) is 6.07 Å². The summed E-state index contributed by atoms with van der Waals surface area (Å²) in [4.78, 5) is 0. The summed E-state index contributed by atoms with van der Waals surface area (Å²) in [5, 5.41) is 13.2. The Morgan fingerprint density at radius 2 is 2.28 bits per heavy atom. The summed E-state index contributed by atoms with van der Waals surface area (Å²) in [7, 11) is 0. The average molecular weight is 247 g/mol. The van der Waals surface area contributed by atoms with Gasteiger partial charge < -0.3 is 15.2 Å². The summed E-state index contributed by atoms with van der Waals surface area (Å²) >= 11 is 0. The summed E-state index contributed by atoms with van der Waals surface area (Å²) < 4.78 is 5.61. The Kier molecular flexibility index (Phi) is 3.27. The minimum atomic E-state index is 0.219. The van der Waals surface area contributed by atoms with E-state index in [1.165, 1.54) is 18.4 Å². The minimum absolute atomic E-state index is 0.219. The highest BCUT2D eigenvalue weighted by atomic mass is 16.5. The van der Waals surface area contributed by atoms with Gasteiger partial charge in [0.2, 0.25) is 0 Å². The molecule has 1 aromatic rings. The molecule has 3 nitrogen and oxygen atoms in total. The van der Waals surface area contributed by atoms with Gasteiger partial charge in [-0.1, -0.05) is 12.1 Å². The third-order valence-corrected chi connectivity index (χ3v) is 4.02. The number of nitrogens with one attached hydrogen (secondary N) is 1. The highest BCUT2D eigenvalue weighted by molar-refractivity contribution is 5.28. The molecule has 1 unspecified atom stereocenters. The van der Waals surface area contributed by atoms with E-state index < -0.39 is 0 Å². The standard InChI is InChI=1S/C15H21NO2/c17-14-3-1-2-12(8-14)9-15(6-7-18-11-15)10-16-13-4-5-13/h1-3,8,13,16-17H,4-7,9-11H2. The van der Waals surface area contributed by atoms with E-state index in [1.807, 2.05) is 12.1 Å². The van der Waals surface area contributed by atoms with Gasteiger partial charge in [0, 0.05) is 24.6 Å². The molecule has 3 heteroatoms. The van der Waals surface area contributed by atoms with Crippen LogP contribution in [0.4, 0.5) is 0 Å². The van der Waals surface area contributed by atoms with Gasteiger partial charge in [0.25, 0.3) is 0 Å². The maximum atomic E-state index is 9.55. The number of hydrogen-bond donors (Lipinski definition) is 2. The molecule has 0 radical (unpaired) electrons. The van der Waals surface area contributed by atoms with Crippen LogP contribution in [0.5, 0.6) is 5.75 Å². The Morgan fingerprint density at radius 1 is 1.39 bits per heavy atom. The second-order valence-electron chi connectivity index (χ2n) is 5.80. The molecule has 1 saturated heterocycles. The Hall–Kier alpha value is -1.06. The maximum absolute atomic E-state index is 9.55. The second kappa shape index (κ2) is 4.90. The molecular formula is C15H21NO2. The Balaban J connectivity index is 1.68. The van der Waals surface area contributed by atoms with Crippen LogP contribution in [0, 0.1) is 5.41 Å². The third-order valence-electron chi connectivity index (χ3n) is 4.02. The van der Waals surface area contributed by atoms with Crippen LogP contribution >= 0.6 is 0 Å². The number of rotatable bonds is 5. The van der Waals surface area contributed by atoms with Crippen LogP contribution in [-0.4, -0.2) is 30.9 Å². The van der Waals surface area contributed by atoms with Crippen molar-refractivity contribution < 1.29 is 9.84 Å². The first-order valence-corrected chi connectivity index (χ1v) is 6.85. The van der Waals surface area contributed by atoms with Gasteiger partial charge >= 0.3 is 0 Å². The lowest BCUT2D eigenvalue weighted by Gasteiger charge is -2.28. The molecule has 0 bridgehead atoms. The normalized spacial score (nSPS) is 27.6. The predicted octanol–water partition coefficient (Wildman–Crippen LogP) is 2.09. The van der Waals surface area contributed by atoms with Crippen LogP contribution in [0.3, 0.4) is 0 Å². The van der Waals surface area contributed by atoms with E-state index in [4.69, 9.17) is 4.74 Å². The monoisotopic (exact) mass is 247 g/mol. The largest absolute Gasteiger partial charge is 0.508 e. The van der Waals surface area contributed by atoms with Crippen LogP contribution in [-0.2, 0) is 11.2 Å². The fourth-order valence-corrected chi connectivity index (χ4v) is 2.74. The van der Waals surface area contributed by atoms with Gasteiger partial charge in [-0.05, 0) is 43.4 Å². The summed E-state index contributed by atoms with van der Waals surface area (Å²) in [6.07, 6.45) is 4.75. The van der Waals surface area contributed by atoms with Crippen molar-refractivity contribution in [2.75, 3.05) is 19.8 Å². The molecule has 1 saturated carbocycles. The van der Waals surface area contributed by atoms with Gasteiger partial charge in [0.1, 0.15) is 5.75 Å². The van der Waals surface area contributed by atoms with Crippen molar-refractivity contribution in [3.63, 3.8) is 0 Å². The molecule has 1 aromatic carbocycles. The molecule has 98 valence electrons. The maximum Gasteiger partial charge on any atom is 0.115 e. The number of ether oxygens (including phenoxy) is 1. The van der Waals surface area contributed by atoms with Crippen molar-refractivity contribution in [3.05, 3.63) is 29.8 Å². The SMILES string of the molecule is Oc1cccc(CC2(CNC3CC3)CCOC2)c1. The van der Waals surface area contributed by atoms with Crippen molar-refractivity contribution in [1.29, 1.82) is 0 Å². The Morgan fingerprint density at radius 3 is 2.94 bits per heavy atom. The van der Waals surface area contributed by atoms with E-state index in [0.717, 1.165) is 38.6 Å². The zero-order valence-electron chi connectivity index (χ0n) is 10.7. The zero-order chi connectivity index (χ0) is 12.4. The predicted molar refractivity (Wildman–Crippen MR) is 70.7 cm³/mol. The van der Waals surface area contributed by atoms with E-state index in [2.05, 4.69) is 11.4 Å². The van der Waals surface area contributed by atoms with Crippen molar-refractivity contribution in [2.24, 2.45) is 5.41 Å².